The van der Waals surface area contributed by atoms with E-state index in [-0.39, 0.29) is 16.4 Å². The van der Waals surface area contributed by atoms with Crippen molar-refractivity contribution in [1.29, 1.82) is 0 Å². The summed E-state index contributed by atoms with van der Waals surface area (Å²) in [4.78, 5) is 3.88. The minimum absolute atomic E-state index is 0.0779. The van der Waals surface area contributed by atoms with Crippen LogP contribution in [0.5, 0.6) is 17.2 Å². The number of para-hydroxylation sites is 1. The standard InChI is InChI=1S/C19H14N2O5S/c1-13-18-11-17(12-20-19(18)25-21-13)27(22,23)26-16-9-7-15(8-10-16)24-14-5-3-2-4-6-14/h2-12H,1H3. The van der Waals surface area contributed by atoms with Gasteiger partial charge in [0.2, 0.25) is 0 Å². The number of ether oxygens (including phenoxy) is 1. The zero-order valence-electron chi connectivity index (χ0n) is 14.2. The lowest BCUT2D eigenvalue weighted by Gasteiger charge is -2.08. The molecule has 2 aromatic heterocycles. The summed E-state index contributed by atoms with van der Waals surface area (Å²) < 4.78 is 40.9. The monoisotopic (exact) mass is 382 g/mol. The van der Waals surface area contributed by atoms with E-state index >= 15 is 0 Å². The Kier molecular flexibility index (Phi) is 4.25. The van der Waals surface area contributed by atoms with Gasteiger partial charge >= 0.3 is 10.1 Å². The van der Waals surface area contributed by atoms with Crippen LogP contribution in [0.2, 0.25) is 0 Å². The molecule has 0 radical (unpaired) electrons. The molecule has 27 heavy (non-hydrogen) atoms. The largest absolute Gasteiger partial charge is 0.457 e. The van der Waals surface area contributed by atoms with Gasteiger partial charge in [-0.05, 0) is 49.4 Å². The maximum atomic E-state index is 12.5. The number of aromatic nitrogens is 2. The van der Waals surface area contributed by atoms with Gasteiger partial charge in [-0.3, -0.25) is 0 Å². The van der Waals surface area contributed by atoms with Crippen LogP contribution in [0.3, 0.4) is 0 Å². The number of pyridine rings is 1. The van der Waals surface area contributed by atoms with Crippen LogP contribution in [0.1, 0.15) is 5.69 Å². The first-order valence-corrected chi connectivity index (χ1v) is 9.41. The van der Waals surface area contributed by atoms with E-state index in [2.05, 4.69) is 10.1 Å². The third-order valence-electron chi connectivity index (χ3n) is 3.78. The van der Waals surface area contributed by atoms with Crippen molar-refractivity contribution in [2.45, 2.75) is 11.8 Å². The molecule has 0 aliphatic carbocycles. The van der Waals surface area contributed by atoms with Gasteiger partial charge in [0.05, 0.1) is 17.3 Å². The molecule has 8 heteroatoms. The van der Waals surface area contributed by atoms with Crippen LogP contribution in [-0.4, -0.2) is 18.6 Å². The first-order valence-electron chi connectivity index (χ1n) is 8.01. The summed E-state index contributed by atoms with van der Waals surface area (Å²) in [5.74, 6) is 1.41. The van der Waals surface area contributed by atoms with Crippen molar-refractivity contribution < 1.29 is 21.9 Å². The molecular formula is C19H14N2O5S. The zero-order chi connectivity index (χ0) is 18.9. The first kappa shape index (κ1) is 17.0. The van der Waals surface area contributed by atoms with E-state index < -0.39 is 10.1 Å². The summed E-state index contributed by atoms with van der Waals surface area (Å²) in [5.41, 5.74) is 0.825. The van der Waals surface area contributed by atoms with E-state index in [1.165, 1.54) is 24.4 Å². The lowest BCUT2D eigenvalue weighted by molar-refractivity contribution is 0.442. The molecular weight excluding hydrogens is 368 g/mol. The first-order chi connectivity index (χ1) is 13.0. The van der Waals surface area contributed by atoms with Crippen molar-refractivity contribution in [2.24, 2.45) is 0 Å². The highest BCUT2D eigenvalue weighted by Crippen LogP contribution is 2.26. The molecule has 2 aromatic carbocycles. The molecule has 0 amide bonds. The fourth-order valence-electron chi connectivity index (χ4n) is 2.43. The Morgan fingerprint density at radius 1 is 0.926 bits per heavy atom. The van der Waals surface area contributed by atoms with Gasteiger partial charge < -0.3 is 13.4 Å². The predicted octanol–water partition coefficient (Wildman–Crippen LogP) is 4.09. The molecule has 0 saturated carbocycles. The van der Waals surface area contributed by atoms with Gasteiger partial charge in [0.15, 0.2) is 0 Å². The summed E-state index contributed by atoms with van der Waals surface area (Å²) in [5, 5.41) is 4.28. The van der Waals surface area contributed by atoms with Crippen LogP contribution in [0, 0.1) is 6.92 Å². The number of hydrogen-bond donors (Lipinski definition) is 0. The average molecular weight is 382 g/mol. The van der Waals surface area contributed by atoms with Crippen LogP contribution >= 0.6 is 0 Å². The molecule has 0 fully saturated rings. The highest BCUT2D eigenvalue weighted by Gasteiger charge is 2.20. The molecule has 4 rings (SSSR count). The normalized spacial score (nSPS) is 11.4. The summed E-state index contributed by atoms with van der Waals surface area (Å²) in [6.07, 6.45) is 1.18. The van der Waals surface area contributed by atoms with Gasteiger partial charge in [-0.2, -0.15) is 8.42 Å². The second-order valence-electron chi connectivity index (χ2n) is 5.72. The van der Waals surface area contributed by atoms with E-state index in [1.54, 1.807) is 19.1 Å². The van der Waals surface area contributed by atoms with Crippen LogP contribution in [0.15, 0.2) is 76.3 Å². The molecule has 136 valence electrons. The Balaban J connectivity index is 1.54. The maximum Gasteiger partial charge on any atom is 0.340 e. The number of fused-ring (bicyclic) bond motifs is 1. The smallest absolute Gasteiger partial charge is 0.340 e. The maximum absolute atomic E-state index is 12.5. The number of aryl methyl sites for hydroxylation is 1. The number of rotatable bonds is 5. The molecule has 7 nitrogen and oxygen atoms in total. The fourth-order valence-corrected chi connectivity index (χ4v) is 3.33. The summed E-state index contributed by atoms with van der Waals surface area (Å²) in [6.45, 7) is 1.70. The van der Waals surface area contributed by atoms with Gasteiger partial charge in [-0.15, -0.1) is 0 Å². The van der Waals surface area contributed by atoms with Crippen molar-refractivity contribution in [1.82, 2.24) is 10.1 Å². The molecule has 0 bridgehead atoms. The van der Waals surface area contributed by atoms with E-state index in [9.17, 15) is 8.42 Å². The van der Waals surface area contributed by atoms with Crippen molar-refractivity contribution in [3.05, 3.63) is 72.6 Å². The molecule has 0 saturated heterocycles. The van der Waals surface area contributed by atoms with E-state index in [0.29, 0.717) is 22.6 Å². The van der Waals surface area contributed by atoms with Gasteiger partial charge in [0.25, 0.3) is 5.71 Å². The Hall–Kier alpha value is -3.39. The molecule has 0 unspecified atom stereocenters. The lowest BCUT2D eigenvalue weighted by Crippen LogP contribution is -2.10. The molecule has 0 aliphatic rings. The second kappa shape index (κ2) is 6.73. The highest BCUT2D eigenvalue weighted by molar-refractivity contribution is 7.87. The summed E-state index contributed by atoms with van der Waals surface area (Å²) in [7, 11) is -4.04. The Morgan fingerprint density at radius 3 is 2.33 bits per heavy atom. The van der Waals surface area contributed by atoms with Crippen molar-refractivity contribution in [3.63, 3.8) is 0 Å². The number of hydrogen-bond acceptors (Lipinski definition) is 7. The zero-order valence-corrected chi connectivity index (χ0v) is 15.0. The SMILES string of the molecule is Cc1noc2ncc(S(=O)(=O)Oc3ccc(Oc4ccccc4)cc3)cc12. The second-order valence-corrected chi connectivity index (χ2v) is 7.26. The van der Waals surface area contributed by atoms with Gasteiger partial charge in [-0.1, -0.05) is 23.4 Å². The highest BCUT2D eigenvalue weighted by atomic mass is 32.2. The molecule has 4 aromatic rings. The molecule has 0 spiro atoms. The minimum Gasteiger partial charge on any atom is -0.457 e. The lowest BCUT2D eigenvalue weighted by atomic mass is 10.3. The van der Waals surface area contributed by atoms with E-state index in [1.807, 2.05) is 30.3 Å². The number of benzene rings is 2. The Bertz CT molecular complexity index is 1190. The topological polar surface area (TPSA) is 91.5 Å². The van der Waals surface area contributed by atoms with Crippen LogP contribution in [-0.2, 0) is 10.1 Å². The molecule has 0 atom stereocenters. The average Bonchev–Trinajstić information content (AvgIpc) is 3.04. The Morgan fingerprint density at radius 2 is 1.59 bits per heavy atom. The summed E-state index contributed by atoms with van der Waals surface area (Å²) in [6, 6.07) is 17.0. The third-order valence-corrected chi connectivity index (χ3v) is 4.99. The van der Waals surface area contributed by atoms with Crippen molar-refractivity contribution in [2.75, 3.05) is 0 Å². The minimum atomic E-state index is -4.04. The van der Waals surface area contributed by atoms with Gasteiger partial charge in [0.1, 0.15) is 22.1 Å². The molecule has 0 aliphatic heterocycles. The van der Waals surface area contributed by atoms with Gasteiger partial charge in [0, 0.05) is 0 Å². The van der Waals surface area contributed by atoms with Crippen molar-refractivity contribution >= 4 is 21.2 Å². The van der Waals surface area contributed by atoms with E-state index in [4.69, 9.17) is 13.4 Å². The van der Waals surface area contributed by atoms with Gasteiger partial charge in [-0.25, -0.2) is 4.98 Å². The summed E-state index contributed by atoms with van der Waals surface area (Å²) >= 11 is 0. The van der Waals surface area contributed by atoms with Crippen molar-refractivity contribution in [3.8, 4) is 17.2 Å². The van der Waals surface area contributed by atoms with Crippen LogP contribution < -0.4 is 8.92 Å². The fraction of sp³-hybridized carbons (Fsp3) is 0.0526. The number of nitrogens with zero attached hydrogens (tertiary/aromatic N) is 2. The molecule has 2 heterocycles. The quantitative estimate of drug-likeness (QED) is 0.480. The van der Waals surface area contributed by atoms with E-state index in [0.717, 1.165) is 0 Å². The predicted molar refractivity (Wildman–Crippen MR) is 97.3 cm³/mol. The van der Waals surface area contributed by atoms with Crippen LogP contribution in [0.4, 0.5) is 0 Å². The van der Waals surface area contributed by atoms with Crippen LogP contribution in [0.25, 0.3) is 11.1 Å². The Labute approximate surface area is 155 Å². The third kappa shape index (κ3) is 3.61. The molecule has 0 N–H and O–H groups in total.